The van der Waals surface area contributed by atoms with Gasteiger partial charge in [0.05, 0.1) is 19.0 Å². The zero-order valence-corrected chi connectivity index (χ0v) is 14.4. The molecule has 0 fully saturated rings. The van der Waals surface area contributed by atoms with Crippen molar-refractivity contribution in [1.82, 2.24) is 20.3 Å². The molecule has 0 bridgehead atoms. The van der Waals surface area contributed by atoms with Crippen LogP contribution in [0.1, 0.15) is 0 Å². The van der Waals surface area contributed by atoms with Crippen molar-refractivity contribution in [3.8, 4) is 22.8 Å². The molecule has 2 heterocycles. The van der Waals surface area contributed by atoms with Gasteiger partial charge in [0.1, 0.15) is 5.52 Å². The number of nitrogens with one attached hydrogen (secondary N) is 1. The van der Waals surface area contributed by atoms with Gasteiger partial charge < -0.3 is 15.2 Å². The number of carbonyl (C=O) groups excluding carboxylic acids is 1. The molecule has 0 spiro atoms. The summed E-state index contributed by atoms with van der Waals surface area (Å²) in [6.07, 6.45) is 1.44. The highest BCUT2D eigenvalue weighted by molar-refractivity contribution is 7.82. The van der Waals surface area contributed by atoms with E-state index in [0.29, 0.717) is 22.6 Å². The van der Waals surface area contributed by atoms with Crippen molar-refractivity contribution in [3.05, 3.63) is 36.5 Å². The summed E-state index contributed by atoms with van der Waals surface area (Å²) in [6.45, 7) is 0. The Morgan fingerprint density at radius 1 is 1.28 bits per heavy atom. The Hall–Kier alpha value is -3.07. The van der Waals surface area contributed by atoms with Crippen LogP contribution < -0.4 is 14.4 Å². The van der Waals surface area contributed by atoms with Crippen molar-refractivity contribution >= 4 is 35.8 Å². The minimum atomic E-state index is -0.434. The molecule has 0 saturated carbocycles. The molecular weight excluding hydrogens is 342 g/mol. The third kappa shape index (κ3) is 3.26. The molecule has 2 amide bonds. The minimum Gasteiger partial charge on any atom is -0.504 e. The number of nitrogens with zero attached hydrogens (tertiary/aromatic N) is 4. The van der Waals surface area contributed by atoms with E-state index >= 15 is 0 Å². The molecule has 128 valence electrons. The number of carbonyl (C=O) groups is 1. The number of pyridine rings is 1. The number of aromatic hydroxyl groups is 1. The van der Waals surface area contributed by atoms with Crippen LogP contribution in [0.3, 0.4) is 0 Å². The summed E-state index contributed by atoms with van der Waals surface area (Å²) in [4.78, 5) is 24.7. The first-order valence-corrected chi connectivity index (χ1v) is 7.65. The number of benzene rings is 1. The van der Waals surface area contributed by atoms with Gasteiger partial charge in [-0.05, 0) is 30.3 Å². The topological polar surface area (TPSA) is 100 Å². The van der Waals surface area contributed by atoms with E-state index in [1.807, 2.05) is 0 Å². The summed E-state index contributed by atoms with van der Waals surface area (Å²) in [5.74, 6) is 0.647. The quantitative estimate of drug-likeness (QED) is 0.622. The molecular formula is C16H15N5O3S. The minimum absolute atomic E-state index is 0.0467. The lowest BCUT2D eigenvalue weighted by Crippen LogP contribution is -2.31. The van der Waals surface area contributed by atoms with E-state index in [0.717, 1.165) is 9.87 Å². The van der Waals surface area contributed by atoms with Crippen LogP contribution in [-0.4, -0.2) is 40.2 Å². The maximum atomic E-state index is 11.7. The second-order valence-electron chi connectivity index (χ2n) is 5.02. The monoisotopic (exact) mass is 357 g/mol. The first-order chi connectivity index (χ1) is 12.0. The third-order valence-electron chi connectivity index (χ3n) is 3.49. The molecule has 2 N–H and O–H groups in total. The average Bonchev–Trinajstić information content (AvgIpc) is 2.66. The Bertz CT molecular complexity index is 950. The van der Waals surface area contributed by atoms with Crippen molar-refractivity contribution in [3.63, 3.8) is 0 Å². The van der Waals surface area contributed by atoms with Gasteiger partial charge in [-0.1, -0.05) is 12.8 Å². The van der Waals surface area contributed by atoms with Crippen LogP contribution in [0.4, 0.5) is 10.6 Å². The normalized spacial score (nSPS) is 10.5. The van der Waals surface area contributed by atoms with Crippen LogP contribution in [-0.2, 0) is 0 Å². The fourth-order valence-corrected chi connectivity index (χ4v) is 2.39. The summed E-state index contributed by atoms with van der Waals surface area (Å²) >= 11 is 4.10. The highest BCUT2D eigenvalue weighted by Gasteiger charge is 2.14. The second-order valence-corrected chi connectivity index (χ2v) is 5.42. The van der Waals surface area contributed by atoms with E-state index in [9.17, 15) is 9.90 Å². The number of amides is 2. The van der Waals surface area contributed by atoms with Crippen molar-refractivity contribution < 1.29 is 14.6 Å². The molecule has 9 heteroatoms. The maximum absolute atomic E-state index is 11.7. The summed E-state index contributed by atoms with van der Waals surface area (Å²) in [5, 5.41) is 12.2. The molecule has 3 aromatic rings. The van der Waals surface area contributed by atoms with Crippen molar-refractivity contribution in [2.75, 3.05) is 18.5 Å². The number of methoxy groups -OCH3 is 1. The molecule has 25 heavy (non-hydrogen) atoms. The lowest BCUT2D eigenvalue weighted by Gasteiger charge is -2.13. The van der Waals surface area contributed by atoms with E-state index in [4.69, 9.17) is 4.74 Å². The smallest absolute Gasteiger partial charge is 0.332 e. The highest BCUT2D eigenvalue weighted by Crippen LogP contribution is 2.31. The van der Waals surface area contributed by atoms with Gasteiger partial charge >= 0.3 is 6.03 Å². The maximum Gasteiger partial charge on any atom is 0.332 e. The standard InChI is InChI=1S/C16H15N5O3S/c1-17-16(23)21(25)14-8-18-11-5-4-10(19-15(11)20-14)9-3-6-12(22)13(7-9)24-2/h3-8,22,25H,1-2H3,(H,17,23). The number of thiol groups is 1. The molecule has 0 aliphatic carbocycles. The number of hydrogen-bond acceptors (Lipinski definition) is 7. The molecule has 0 unspecified atom stereocenters. The van der Waals surface area contributed by atoms with Crippen molar-refractivity contribution in [1.29, 1.82) is 0 Å². The summed E-state index contributed by atoms with van der Waals surface area (Å²) < 4.78 is 6.16. The summed E-state index contributed by atoms with van der Waals surface area (Å²) in [6, 6.07) is 8.06. The van der Waals surface area contributed by atoms with Gasteiger partial charge in [-0.3, -0.25) is 0 Å². The molecule has 0 saturated heterocycles. The van der Waals surface area contributed by atoms with Crippen LogP contribution in [0.5, 0.6) is 11.5 Å². The Labute approximate surface area is 149 Å². The fourth-order valence-electron chi connectivity index (χ4n) is 2.20. The lowest BCUT2D eigenvalue weighted by atomic mass is 10.1. The predicted molar refractivity (Wildman–Crippen MR) is 96.9 cm³/mol. The van der Waals surface area contributed by atoms with E-state index in [-0.39, 0.29) is 11.6 Å². The Balaban J connectivity index is 2.05. The number of urea groups is 1. The zero-order chi connectivity index (χ0) is 18.0. The van der Waals surface area contributed by atoms with Gasteiger partial charge in [0.25, 0.3) is 0 Å². The van der Waals surface area contributed by atoms with Crippen LogP contribution in [0, 0.1) is 0 Å². The van der Waals surface area contributed by atoms with E-state index in [1.54, 1.807) is 24.3 Å². The molecule has 0 radical (unpaired) electrons. The van der Waals surface area contributed by atoms with Crippen molar-refractivity contribution in [2.24, 2.45) is 0 Å². The first kappa shape index (κ1) is 16.8. The zero-order valence-electron chi connectivity index (χ0n) is 13.5. The lowest BCUT2D eigenvalue weighted by molar-refractivity contribution is 0.251. The molecule has 1 aromatic carbocycles. The number of phenols is 1. The first-order valence-electron chi connectivity index (χ1n) is 7.25. The van der Waals surface area contributed by atoms with Crippen LogP contribution in [0.2, 0.25) is 0 Å². The van der Waals surface area contributed by atoms with Gasteiger partial charge in [-0.25, -0.2) is 24.1 Å². The Morgan fingerprint density at radius 2 is 2.08 bits per heavy atom. The second kappa shape index (κ2) is 6.81. The Kier molecular flexibility index (Phi) is 4.57. The van der Waals surface area contributed by atoms with E-state index < -0.39 is 6.03 Å². The number of hydrogen-bond donors (Lipinski definition) is 3. The van der Waals surface area contributed by atoms with E-state index in [1.165, 1.54) is 26.4 Å². The van der Waals surface area contributed by atoms with E-state index in [2.05, 4.69) is 33.1 Å². The van der Waals surface area contributed by atoms with Gasteiger partial charge in [0.15, 0.2) is 23.0 Å². The van der Waals surface area contributed by atoms with Crippen LogP contribution in [0.15, 0.2) is 36.5 Å². The molecule has 0 aliphatic heterocycles. The largest absolute Gasteiger partial charge is 0.504 e. The summed E-state index contributed by atoms with van der Waals surface area (Å²) in [7, 11) is 2.97. The van der Waals surface area contributed by atoms with Gasteiger partial charge in [-0.2, -0.15) is 0 Å². The number of aromatic nitrogens is 3. The average molecular weight is 357 g/mol. The van der Waals surface area contributed by atoms with Gasteiger partial charge in [-0.15, -0.1) is 0 Å². The highest BCUT2D eigenvalue weighted by atomic mass is 32.1. The molecule has 8 nitrogen and oxygen atoms in total. The molecule has 0 atom stereocenters. The molecule has 0 aliphatic rings. The Morgan fingerprint density at radius 3 is 2.80 bits per heavy atom. The van der Waals surface area contributed by atoms with Crippen LogP contribution in [0.25, 0.3) is 22.4 Å². The fraction of sp³-hybridized carbons (Fsp3) is 0.125. The number of rotatable bonds is 3. The number of fused-ring (bicyclic) bond motifs is 1. The summed E-state index contributed by atoms with van der Waals surface area (Å²) in [5.41, 5.74) is 2.32. The van der Waals surface area contributed by atoms with Crippen LogP contribution >= 0.6 is 12.8 Å². The van der Waals surface area contributed by atoms with Gasteiger partial charge in [0.2, 0.25) is 0 Å². The van der Waals surface area contributed by atoms with Crippen molar-refractivity contribution in [2.45, 2.75) is 0 Å². The third-order valence-corrected chi connectivity index (χ3v) is 3.88. The number of phenolic OH excluding ortho intramolecular Hbond substituents is 1. The molecule has 2 aromatic heterocycles. The number of ether oxygens (including phenoxy) is 1. The predicted octanol–water partition coefficient (Wildman–Crippen LogP) is 2.40. The number of anilines is 1. The van der Waals surface area contributed by atoms with Gasteiger partial charge in [0, 0.05) is 12.6 Å². The molecule has 3 rings (SSSR count). The SMILES string of the molecule is CNC(=O)N(S)c1cnc2ccc(-c3ccc(O)c(OC)c3)nc2n1.